The number of hydrogen-bond donors (Lipinski definition) is 0. The van der Waals surface area contributed by atoms with Crippen LogP contribution in [0.1, 0.15) is 48.9 Å². The van der Waals surface area contributed by atoms with Crippen LogP contribution in [0.4, 0.5) is 0 Å². The Morgan fingerprint density at radius 2 is 1.91 bits per heavy atom. The highest BCUT2D eigenvalue weighted by Crippen LogP contribution is 2.33. The number of ether oxygens (including phenoxy) is 2. The summed E-state index contributed by atoms with van der Waals surface area (Å²) >= 11 is 0. The normalized spacial score (nSPS) is 15.8. The van der Waals surface area contributed by atoms with Crippen LogP contribution in [0.3, 0.4) is 0 Å². The average Bonchev–Trinajstić information content (AvgIpc) is 3.29. The van der Waals surface area contributed by atoms with Crippen molar-refractivity contribution in [3.8, 4) is 11.5 Å². The number of rotatable bonds is 7. The van der Waals surface area contributed by atoms with Crippen LogP contribution < -0.4 is 15.1 Å². The van der Waals surface area contributed by atoms with Crippen LogP contribution in [-0.4, -0.2) is 31.1 Å². The van der Waals surface area contributed by atoms with Gasteiger partial charge in [0, 0.05) is 30.0 Å². The molecular weight excluding hydrogens is 406 g/mol. The molecule has 1 amide bonds. The lowest BCUT2D eigenvalue weighted by Crippen LogP contribution is -2.31. The van der Waals surface area contributed by atoms with Crippen molar-refractivity contribution in [3.05, 3.63) is 69.6 Å². The van der Waals surface area contributed by atoms with Gasteiger partial charge in [0.25, 0.3) is 0 Å². The molecule has 1 unspecified atom stereocenters. The van der Waals surface area contributed by atoms with Crippen molar-refractivity contribution in [1.29, 1.82) is 0 Å². The number of fused-ring (bicyclic) bond motifs is 1. The Bertz CT molecular complexity index is 1170. The molecule has 1 saturated heterocycles. The van der Waals surface area contributed by atoms with E-state index in [0.29, 0.717) is 29.9 Å². The van der Waals surface area contributed by atoms with Gasteiger partial charge in [0.2, 0.25) is 5.91 Å². The zero-order chi connectivity index (χ0) is 22.7. The summed E-state index contributed by atoms with van der Waals surface area (Å²) in [5.41, 5.74) is 2.65. The molecule has 0 bridgehead atoms. The first kappa shape index (κ1) is 21.9. The number of nitrogens with zero attached hydrogens (tertiary/aromatic N) is 1. The number of carbonyl (C=O) groups is 1. The molecule has 1 aromatic heterocycles. The van der Waals surface area contributed by atoms with Crippen LogP contribution >= 0.6 is 0 Å². The van der Waals surface area contributed by atoms with Gasteiger partial charge in [-0.3, -0.25) is 4.79 Å². The van der Waals surface area contributed by atoms with Crippen molar-refractivity contribution < 1.29 is 18.7 Å². The number of hydrogen-bond acceptors (Lipinski definition) is 5. The molecule has 0 radical (unpaired) electrons. The summed E-state index contributed by atoms with van der Waals surface area (Å²) in [5, 5.41) is 0.862. The molecule has 6 nitrogen and oxygen atoms in total. The van der Waals surface area contributed by atoms with Gasteiger partial charge in [0.15, 0.2) is 0 Å². The smallest absolute Gasteiger partial charge is 0.339 e. The topological polar surface area (TPSA) is 69.0 Å². The van der Waals surface area contributed by atoms with Crippen LogP contribution in [0.5, 0.6) is 11.5 Å². The predicted molar refractivity (Wildman–Crippen MR) is 123 cm³/mol. The van der Waals surface area contributed by atoms with E-state index in [4.69, 9.17) is 13.9 Å². The highest BCUT2D eigenvalue weighted by Gasteiger charge is 2.30. The quantitative estimate of drug-likeness (QED) is 0.499. The van der Waals surface area contributed by atoms with Gasteiger partial charge >= 0.3 is 5.63 Å². The number of aryl methyl sites for hydroxylation is 1. The first-order chi connectivity index (χ1) is 15.5. The molecule has 2 heterocycles. The van der Waals surface area contributed by atoms with Gasteiger partial charge in [-0.25, -0.2) is 4.79 Å². The maximum Gasteiger partial charge on any atom is 0.339 e. The minimum absolute atomic E-state index is 0.0648. The monoisotopic (exact) mass is 435 g/mol. The maximum absolute atomic E-state index is 13.1. The van der Waals surface area contributed by atoms with Crippen molar-refractivity contribution in [2.75, 3.05) is 20.3 Å². The van der Waals surface area contributed by atoms with Crippen molar-refractivity contribution in [2.24, 2.45) is 0 Å². The SMILES string of the molecule is CCOc1ccc(C2CCCN2C(=O)CCc2c(C)c3ccc(OC)cc3oc2=O)cc1. The molecule has 0 saturated carbocycles. The van der Waals surface area contributed by atoms with Crippen LogP contribution in [0.2, 0.25) is 0 Å². The molecule has 168 valence electrons. The van der Waals surface area contributed by atoms with E-state index in [0.717, 1.165) is 41.6 Å². The van der Waals surface area contributed by atoms with Gasteiger partial charge in [0.05, 0.1) is 19.8 Å². The highest BCUT2D eigenvalue weighted by molar-refractivity contribution is 5.83. The van der Waals surface area contributed by atoms with Crippen molar-refractivity contribution in [1.82, 2.24) is 4.90 Å². The molecule has 1 aliphatic rings. The lowest BCUT2D eigenvalue weighted by atomic mass is 10.0. The van der Waals surface area contributed by atoms with E-state index >= 15 is 0 Å². The van der Waals surface area contributed by atoms with Crippen molar-refractivity contribution in [2.45, 2.75) is 45.6 Å². The third-order valence-corrected chi connectivity index (χ3v) is 6.23. The molecule has 6 heteroatoms. The summed E-state index contributed by atoms with van der Waals surface area (Å²) in [5.74, 6) is 1.54. The lowest BCUT2D eigenvalue weighted by Gasteiger charge is -2.25. The summed E-state index contributed by atoms with van der Waals surface area (Å²) in [7, 11) is 1.57. The van der Waals surface area contributed by atoms with Crippen molar-refractivity contribution in [3.63, 3.8) is 0 Å². The van der Waals surface area contributed by atoms with E-state index in [2.05, 4.69) is 0 Å². The van der Waals surface area contributed by atoms with E-state index in [-0.39, 0.29) is 24.0 Å². The molecule has 4 rings (SSSR count). The molecule has 0 spiro atoms. The third kappa shape index (κ3) is 4.35. The van der Waals surface area contributed by atoms with Crippen LogP contribution in [-0.2, 0) is 11.2 Å². The summed E-state index contributed by atoms with van der Waals surface area (Å²) in [6.45, 7) is 5.23. The Balaban J connectivity index is 1.49. The Morgan fingerprint density at radius 3 is 2.62 bits per heavy atom. The van der Waals surface area contributed by atoms with Crippen LogP contribution in [0, 0.1) is 6.92 Å². The summed E-state index contributed by atoms with van der Waals surface area (Å²) in [4.78, 5) is 27.7. The van der Waals surface area contributed by atoms with E-state index in [1.165, 1.54) is 0 Å². The summed E-state index contributed by atoms with van der Waals surface area (Å²) in [6.07, 6.45) is 2.56. The number of carbonyl (C=O) groups excluding carboxylic acids is 1. The van der Waals surface area contributed by atoms with Gasteiger partial charge in [-0.1, -0.05) is 12.1 Å². The molecular formula is C26H29NO5. The first-order valence-corrected chi connectivity index (χ1v) is 11.1. The third-order valence-electron chi connectivity index (χ3n) is 6.23. The Morgan fingerprint density at radius 1 is 1.16 bits per heavy atom. The molecule has 0 N–H and O–H groups in total. The van der Waals surface area contributed by atoms with E-state index in [1.54, 1.807) is 13.2 Å². The first-order valence-electron chi connectivity index (χ1n) is 11.1. The Kier molecular flexibility index (Phi) is 6.49. The van der Waals surface area contributed by atoms with Gasteiger partial charge < -0.3 is 18.8 Å². The summed E-state index contributed by atoms with van der Waals surface area (Å²) < 4.78 is 16.3. The zero-order valence-corrected chi connectivity index (χ0v) is 18.8. The highest BCUT2D eigenvalue weighted by atomic mass is 16.5. The maximum atomic E-state index is 13.1. The van der Waals surface area contributed by atoms with E-state index in [9.17, 15) is 9.59 Å². The molecule has 0 aliphatic carbocycles. The summed E-state index contributed by atoms with van der Waals surface area (Å²) in [6, 6.07) is 13.5. The second-order valence-corrected chi connectivity index (χ2v) is 8.10. The van der Waals surface area contributed by atoms with Crippen LogP contribution in [0.25, 0.3) is 11.0 Å². The number of methoxy groups -OCH3 is 1. The second-order valence-electron chi connectivity index (χ2n) is 8.10. The fraction of sp³-hybridized carbons (Fsp3) is 0.385. The Labute approximate surface area is 187 Å². The minimum Gasteiger partial charge on any atom is -0.497 e. The molecule has 2 aromatic carbocycles. The minimum atomic E-state index is -0.388. The molecule has 1 fully saturated rings. The standard InChI is InChI=1S/C26H29NO5/c1-4-31-19-9-7-18(8-10-19)23-6-5-15-27(23)25(28)14-13-22-17(2)21-12-11-20(30-3)16-24(21)32-26(22)29/h7-12,16,23H,4-6,13-15H2,1-3H3. The van der Waals surface area contributed by atoms with Gasteiger partial charge in [-0.15, -0.1) is 0 Å². The number of benzene rings is 2. The van der Waals surface area contributed by atoms with Crippen molar-refractivity contribution >= 4 is 16.9 Å². The second kappa shape index (κ2) is 9.47. The Hall–Kier alpha value is -3.28. The fourth-order valence-corrected chi connectivity index (χ4v) is 4.53. The van der Waals surface area contributed by atoms with Gasteiger partial charge in [-0.05, 0) is 68.5 Å². The fourth-order valence-electron chi connectivity index (χ4n) is 4.53. The van der Waals surface area contributed by atoms with Crippen LogP contribution in [0.15, 0.2) is 51.7 Å². The molecule has 1 aliphatic heterocycles. The number of amides is 1. The van der Waals surface area contributed by atoms with E-state index in [1.807, 2.05) is 55.1 Å². The molecule has 32 heavy (non-hydrogen) atoms. The predicted octanol–water partition coefficient (Wildman–Crippen LogP) is 4.81. The van der Waals surface area contributed by atoms with E-state index < -0.39 is 0 Å². The lowest BCUT2D eigenvalue weighted by molar-refractivity contribution is -0.132. The zero-order valence-electron chi connectivity index (χ0n) is 18.8. The molecule has 3 aromatic rings. The number of likely N-dealkylation sites (tertiary alicyclic amines) is 1. The largest absolute Gasteiger partial charge is 0.497 e. The van der Waals surface area contributed by atoms with Gasteiger partial charge in [-0.2, -0.15) is 0 Å². The average molecular weight is 436 g/mol. The molecule has 1 atom stereocenters. The van der Waals surface area contributed by atoms with Gasteiger partial charge in [0.1, 0.15) is 17.1 Å².